The smallest absolute Gasteiger partial charge is 0.342 e. The molecule has 1 aromatic rings. The van der Waals surface area contributed by atoms with Gasteiger partial charge in [-0.2, -0.15) is 5.10 Å². The number of carbonyl (C=O) groups is 1. The molecule has 0 spiro atoms. The molecular weight excluding hydrogens is 248 g/mol. The van der Waals surface area contributed by atoms with E-state index in [1.54, 1.807) is 0 Å². The molecule has 0 aromatic carbocycles. The number of ether oxygens (including phenoxy) is 1. The van der Waals surface area contributed by atoms with Gasteiger partial charge in [-0.1, -0.05) is 15.9 Å². The van der Waals surface area contributed by atoms with Gasteiger partial charge in [0.15, 0.2) is 0 Å². The van der Waals surface area contributed by atoms with Crippen molar-refractivity contribution < 1.29 is 9.53 Å². The van der Waals surface area contributed by atoms with Crippen LogP contribution in [-0.4, -0.2) is 21.8 Å². The predicted octanol–water partition coefficient (Wildman–Crippen LogP) is 2.26. The van der Waals surface area contributed by atoms with Crippen LogP contribution in [0.4, 0.5) is 0 Å². The lowest BCUT2D eigenvalue weighted by Crippen LogP contribution is -2.24. The quantitative estimate of drug-likeness (QED) is 0.656. The molecule has 4 nitrogen and oxygen atoms in total. The molecule has 0 aliphatic heterocycles. The summed E-state index contributed by atoms with van der Waals surface area (Å²) in [5.74, 6) is -0.347. The molecule has 0 fully saturated rings. The Morgan fingerprint density at radius 2 is 2.29 bits per heavy atom. The van der Waals surface area contributed by atoms with Crippen molar-refractivity contribution in [3.05, 3.63) is 17.5 Å². The number of hydrogen-bond donors (Lipinski definition) is 1. The highest BCUT2D eigenvalue weighted by atomic mass is 79.9. The standard InChI is InChI=1S/C9H13BrN2O2/c1-9(2,3)14-8(13)6-5-11-12-7(6)4-10/h5H,4H2,1-3H3,(H,11,12). The molecule has 0 saturated heterocycles. The largest absolute Gasteiger partial charge is 0.456 e. The van der Waals surface area contributed by atoms with Crippen molar-refractivity contribution in [1.82, 2.24) is 10.2 Å². The molecule has 0 saturated carbocycles. The third-order valence-electron chi connectivity index (χ3n) is 1.47. The van der Waals surface area contributed by atoms with Crippen molar-refractivity contribution in [1.29, 1.82) is 0 Å². The Morgan fingerprint density at radius 3 is 2.79 bits per heavy atom. The van der Waals surface area contributed by atoms with Gasteiger partial charge in [0.05, 0.1) is 11.9 Å². The number of carbonyl (C=O) groups excluding carboxylic acids is 1. The molecule has 14 heavy (non-hydrogen) atoms. The van der Waals surface area contributed by atoms with E-state index in [0.717, 1.165) is 5.69 Å². The van der Waals surface area contributed by atoms with Crippen molar-refractivity contribution in [3.63, 3.8) is 0 Å². The van der Waals surface area contributed by atoms with E-state index >= 15 is 0 Å². The molecule has 0 radical (unpaired) electrons. The van der Waals surface area contributed by atoms with Crippen LogP contribution in [0.5, 0.6) is 0 Å². The van der Waals surface area contributed by atoms with Crippen LogP contribution < -0.4 is 0 Å². The van der Waals surface area contributed by atoms with Crippen LogP contribution in [0.2, 0.25) is 0 Å². The molecule has 1 heterocycles. The number of H-pyrrole nitrogens is 1. The van der Waals surface area contributed by atoms with Gasteiger partial charge in [-0.25, -0.2) is 4.79 Å². The Morgan fingerprint density at radius 1 is 1.64 bits per heavy atom. The lowest BCUT2D eigenvalue weighted by Gasteiger charge is -2.19. The van der Waals surface area contributed by atoms with Gasteiger partial charge in [0.25, 0.3) is 0 Å². The Hall–Kier alpha value is -0.840. The fourth-order valence-electron chi connectivity index (χ4n) is 0.924. The Bertz CT molecular complexity index is 328. The van der Waals surface area contributed by atoms with Gasteiger partial charge in [0.1, 0.15) is 11.2 Å². The number of esters is 1. The summed E-state index contributed by atoms with van der Waals surface area (Å²) in [7, 11) is 0. The van der Waals surface area contributed by atoms with Crippen LogP contribution in [0.1, 0.15) is 36.8 Å². The molecule has 0 bridgehead atoms. The summed E-state index contributed by atoms with van der Waals surface area (Å²) < 4.78 is 5.20. The molecular formula is C9H13BrN2O2. The van der Waals surface area contributed by atoms with Gasteiger partial charge < -0.3 is 4.74 Å². The zero-order chi connectivity index (χ0) is 10.8. The molecule has 0 unspecified atom stereocenters. The first kappa shape index (κ1) is 11.2. The first-order chi connectivity index (χ1) is 6.44. The maximum absolute atomic E-state index is 11.6. The summed E-state index contributed by atoms with van der Waals surface area (Å²) in [6.45, 7) is 5.50. The van der Waals surface area contributed by atoms with Gasteiger partial charge >= 0.3 is 5.97 Å². The van der Waals surface area contributed by atoms with Crippen molar-refractivity contribution in [2.75, 3.05) is 0 Å². The number of rotatable bonds is 2. The second-order valence-electron chi connectivity index (χ2n) is 3.90. The number of nitrogens with one attached hydrogen (secondary N) is 1. The number of alkyl halides is 1. The van der Waals surface area contributed by atoms with Gasteiger partial charge in [-0.3, -0.25) is 5.10 Å². The lowest BCUT2D eigenvalue weighted by molar-refractivity contribution is 0.00688. The zero-order valence-electron chi connectivity index (χ0n) is 8.43. The molecule has 1 rings (SSSR count). The van der Waals surface area contributed by atoms with E-state index in [4.69, 9.17) is 4.74 Å². The highest BCUT2D eigenvalue weighted by Gasteiger charge is 2.20. The van der Waals surface area contributed by atoms with Crippen molar-refractivity contribution in [3.8, 4) is 0 Å². The highest BCUT2D eigenvalue weighted by Crippen LogP contribution is 2.15. The second kappa shape index (κ2) is 4.13. The molecule has 1 N–H and O–H groups in total. The van der Waals surface area contributed by atoms with E-state index in [-0.39, 0.29) is 5.97 Å². The SMILES string of the molecule is CC(C)(C)OC(=O)c1cn[nH]c1CBr. The summed E-state index contributed by atoms with van der Waals surface area (Å²) in [4.78, 5) is 11.6. The minimum atomic E-state index is -0.474. The number of halogens is 1. The van der Waals surface area contributed by atoms with Crippen LogP contribution in [0.3, 0.4) is 0 Å². The maximum atomic E-state index is 11.6. The topological polar surface area (TPSA) is 55.0 Å². The Labute approximate surface area is 91.2 Å². The van der Waals surface area contributed by atoms with Gasteiger partial charge in [-0.15, -0.1) is 0 Å². The van der Waals surface area contributed by atoms with E-state index in [1.807, 2.05) is 20.8 Å². The molecule has 0 aliphatic rings. The zero-order valence-corrected chi connectivity index (χ0v) is 10.0. The van der Waals surface area contributed by atoms with E-state index in [9.17, 15) is 4.79 Å². The summed E-state index contributed by atoms with van der Waals surface area (Å²) in [6.07, 6.45) is 1.48. The van der Waals surface area contributed by atoms with Gasteiger partial charge in [-0.05, 0) is 20.8 Å². The van der Waals surface area contributed by atoms with Crippen LogP contribution in [-0.2, 0) is 10.1 Å². The van der Waals surface area contributed by atoms with Gasteiger partial charge in [0.2, 0.25) is 0 Å². The first-order valence-corrected chi connectivity index (χ1v) is 5.38. The minimum absolute atomic E-state index is 0.347. The summed E-state index contributed by atoms with van der Waals surface area (Å²) >= 11 is 3.26. The van der Waals surface area contributed by atoms with Crippen molar-refractivity contribution >= 4 is 21.9 Å². The molecule has 0 aliphatic carbocycles. The van der Waals surface area contributed by atoms with Crippen LogP contribution in [0.15, 0.2) is 6.20 Å². The first-order valence-electron chi connectivity index (χ1n) is 4.25. The lowest BCUT2D eigenvalue weighted by atomic mass is 10.2. The molecule has 1 aromatic heterocycles. The molecule has 5 heteroatoms. The monoisotopic (exact) mass is 260 g/mol. The van der Waals surface area contributed by atoms with Crippen molar-refractivity contribution in [2.24, 2.45) is 0 Å². The minimum Gasteiger partial charge on any atom is -0.456 e. The molecule has 0 amide bonds. The fraction of sp³-hybridized carbons (Fsp3) is 0.556. The van der Waals surface area contributed by atoms with E-state index in [0.29, 0.717) is 10.9 Å². The van der Waals surface area contributed by atoms with Crippen LogP contribution in [0, 0.1) is 0 Å². The van der Waals surface area contributed by atoms with Crippen LogP contribution >= 0.6 is 15.9 Å². The van der Waals surface area contributed by atoms with Gasteiger partial charge in [0, 0.05) is 5.33 Å². The van der Waals surface area contributed by atoms with Crippen LogP contribution in [0.25, 0.3) is 0 Å². The maximum Gasteiger partial charge on any atom is 0.342 e. The average molecular weight is 261 g/mol. The van der Waals surface area contributed by atoms with E-state index in [2.05, 4.69) is 26.1 Å². The van der Waals surface area contributed by atoms with Crippen molar-refractivity contribution in [2.45, 2.75) is 31.7 Å². The normalized spacial score (nSPS) is 11.4. The number of aromatic amines is 1. The number of aromatic nitrogens is 2. The average Bonchev–Trinajstić information content (AvgIpc) is 2.47. The third kappa shape index (κ3) is 2.83. The summed E-state index contributed by atoms with van der Waals surface area (Å²) in [6, 6.07) is 0. The third-order valence-corrected chi connectivity index (χ3v) is 2.03. The predicted molar refractivity (Wildman–Crippen MR) is 56.4 cm³/mol. The fourth-order valence-corrected chi connectivity index (χ4v) is 1.35. The highest BCUT2D eigenvalue weighted by molar-refractivity contribution is 9.08. The van der Waals surface area contributed by atoms with E-state index < -0.39 is 5.60 Å². The Balaban J connectivity index is 2.80. The summed E-state index contributed by atoms with van der Waals surface area (Å²) in [5, 5.41) is 7.07. The summed E-state index contributed by atoms with van der Waals surface area (Å²) in [5.41, 5.74) is 0.744. The molecule has 78 valence electrons. The number of hydrogen-bond acceptors (Lipinski definition) is 3. The number of nitrogens with zero attached hydrogens (tertiary/aromatic N) is 1. The Kier molecular flexibility index (Phi) is 3.31. The molecule has 0 atom stereocenters. The second-order valence-corrected chi connectivity index (χ2v) is 4.46. The van der Waals surface area contributed by atoms with E-state index in [1.165, 1.54) is 6.20 Å².